The summed E-state index contributed by atoms with van der Waals surface area (Å²) in [5.74, 6) is 1.15. The molecule has 1 heterocycles. The molecule has 0 bridgehead atoms. The molecule has 0 aromatic heterocycles. The van der Waals surface area contributed by atoms with Gasteiger partial charge >= 0.3 is 0 Å². The maximum absolute atomic E-state index is 12.7. The van der Waals surface area contributed by atoms with Crippen molar-refractivity contribution in [2.45, 2.75) is 11.3 Å². The van der Waals surface area contributed by atoms with Crippen LogP contribution >= 0.6 is 0 Å². The Kier molecular flexibility index (Phi) is 6.21. The number of ether oxygens (including phenoxy) is 2. The average Bonchev–Trinajstić information content (AvgIpc) is 2.74. The first-order valence-electron chi connectivity index (χ1n) is 8.99. The quantitative estimate of drug-likeness (QED) is 0.734. The Morgan fingerprint density at radius 3 is 2.18 bits per heavy atom. The maximum Gasteiger partial charge on any atom is 0.243 e. The van der Waals surface area contributed by atoms with Crippen molar-refractivity contribution in [3.63, 3.8) is 0 Å². The highest BCUT2D eigenvalue weighted by molar-refractivity contribution is 7.89. The Morgan fingerprint density at radius 2 is 1.57 bits per heavy atom. The largest absolute Gasteiger partial charge is 0.493 e. The van der Waals surface area contributed by atoms with Gasteiger partial charge in [0, 0.05) is 26.2 Å². The summed E-state index contributed by atoms with van der Waals surface area (Å²) in [5.41, 5.74) is 0.821. The van der Waals surface area contributed by atoms with Gasteiger partial charge in [-0.05, 0) is 29.8 Å². The Balaban J connectivity index is 1.61. The van der Waals surface area contributed by atoms with Gasteiger partial charge < -0.3 is 14.4 Å². The number of rotatable bonds is 6. The highest BCUT2D eigenvalue weighted by Crippen LogP contribution is 2.28. The number of benzene rings is 2. The number of methoxy groups -OCH3 is 2. The lowest BCUT2D eigenvalue weighted by Crippen LogP contribution is -2.50. The van der Waals surface area contributed by atoms with Crippen molar-refractivity contribution in [1.29, 1.82) is 0 Å². The van der Waals surface area contributed by atoms with Crippen LogP contribution in [0.2, 0.25) is 0 Å². The SMILES string of the molecule is COc1ccc(CC(=O)N2CCN(S(=O)(=O)c3ccccc3)CC2)cc1OC. The van der Waals surface area contributed by atoms with E-state index in [0.29, 0.717) is 24.6 Å². The van der Waals surface area contributed by atoms with Crippen LogP contribution in [0.5, 0.6) is 11.5 Å². The normalized spacial score (nSPS) is 15.3. The molecule has 28 heavy (non-hydrogen) atoms. The number of hydrogen-bond acceptors (Lipinski definition) is 5. The minimum absolute atomic E-state index is 0.0380. The summed E-state index contributed by atoms with van der Waals surface area (Å²) in [6.45, 7) is 1.32. The Labute approximate surface area is 165 Å². The molecule has 0 aliphatic carbocycles. The number of sulfonamides is 1. The van der Waals surface area contributed by atoms with E-state index >= 15 is 0 Å². The third-order valence-corrected chi connectivity index (χ3v) is 6.69. The Morgan fingerprint density at radius 1 is 0.929 bits per heavy atom. The summed E-state index contributed by atoms with van der Waals surface area (Å²) < 4.78 is 37.3. The van der Waals surface area contributed by atoms with Gasteiger partial charge in [0.2, 0.25) is 15.9 Å². The van der Waals surface area contributed by atoms with Crippen LogP contribution in [0.4, 0.5) is 0 Å². The smallest absolute Gasteiger partial charge is 0.243 e. The van der Waals surface area contributed by atoms with Crippen LogP contribution in [-0.2, 0) is 21.2 Å². The molecule has 1 fully saturated rings. The molecule has 0 unspecified atom stereocenters. The lowest BCUT2D eigenvalue weighted by molar-refractivity contribution is -0.131. The molecule has 0 atom stereocenters. The first kappa shape index (κ1) is 20.2. The molecule has 1 saturated heterocycles. The Hall–Kier alpha value is -2.58. The molecule has 1 amide bonds. The molecule has 2 aromatic rings. The van der Waals surface area contributed by atoms with E-state index in [2.05, 4.69) is 0 Å². The van der Waals surface area contributed by atoms with E-state index in [0.717, 1.165) is 5.56 Å². The van der Waals surface area contributed by atoms with Crippen LogP contribution in [0.15, 0.2) is 53.4 Å². The fourth-order valence-electron chi connectivity index (χ4n) is 3.20. The topological polar surface area (TPSA) is 76.2 Å². The minimum atomic E-state index is -3.52. The van der Waals surface area contributed by atoms with E-state index < -0.39 is 10.0 Å². The molecule has 0 saturated carbocycles. The number of hydrogen-bond donors (Lipinski definition) is 0. The number of carbonyl (C=O) groups is 1. The number of carbonyl (C=O) groups excluding carboxylic acids is 1. The highest BCUT2D eigenvalue weighted by Gasteiger charge is 2.29. The molecule has 2 aromatic carbocycles. The predicted octanol–water partition coefficient (Wildman–Crippen LogP) is 1.78. The second-order valence-corrected chi connectivity index (χ2v) is 8.40. The summed E-state index contributed by atoms with van der Waals surface area (Å²) in [4.78, 5) is 14.6. The van der Waals surface area contributed by atoms with Gasteiger partial charge in [-0.2, -0.15) is 4.31 Å². The van der Waals surface area contributed by atoms with Crippen LogP contribution in [0.25, 0.3) is 0 Å². The third-order valence-electron chi connectivity index (χ3n) is 4.78. The molecular formula is C20H24N2O5S. The van der Waals surface area contributed by atoms with Crippen LogP contribution in [0, 0.1) is 0 Å². The van der Waals surface area contributed by atoms with Crippen molar-refractivity contribution in [2.75, 3.05) is 40.4 Å². The summed E-state index contributed by atoms with van der Waals surface area (Å²) in [7, 11) is -0.409. The van der Waals surface area contributed by atoms with Gasteiger partial charge in [0.1, 0.15) is 0 Å². The highest BCUT2D eigenvalue weighted by atomic mass is 32.2. The van der Waals surface area contributed by atoms with Crippen LogP contribution in [0.1, 0.15) is 5.56 Å². The number of piperazine rings is 1. The second kappa shape index (κ2) is 8.62. The van der Waals surface area contributed by atoms with Gasteiger partial charge in [-0.1, -0.05) is 24.3 Å². The molecule has 7 nitrogen and oxygen atoms in total. The lowest BCUT2D eigenvalue weighted by Gasteiger charge is -2.34. The van der Waals surface area contributed by atoms with Gasteiger partial charge in [-0.25, -0.2) is 8.42 Å². The zero-order valence-electron chi connectivity index (χ0n) is 16.0. The molecule has 0 radical (unpaired) electrons. The summed E-state index contributed by atoms with van der Waals surface area (Å²) in [6.07, 6.45) is 0.228. The van der Waals surface area contributed by atoms with Crippen LogP contribution in [0.3, 0.4) is 0 Å². The molecule has 8 heteroatoms. The lowest BCUT2D eigenvalue weighted by atomic mass is 10.1. The first-order valence-corrected chi connectivity index (χ1v) is 10.4. The number of nitrogens with zero attached hydrogens (tertiary/aromatic N) is 2. The van der Waals surface area contributed by atoms with Crippen molar-refractivity contribution in [3.8, 4) is 11.5 Å². The molecule has 1 aliphatic rings. The van der Waals surface area contributed by atoms with E-state index in [1.165, 1.54) is 4.31 Å². The van der Waals surface area contributed by atoms with Crippen molar-refractivity contribution < 1.29 is 22.7 Å². The molecule has 150 valence electrons. The van der Waals surface area contributed by atoms with E-state index in [1.807, 2.05) is 6.07 Å². The molecule has 1 aliphatic heterocycles. The zero-order chi connectivity index (χ0) is 20.1. The van der Waals surface area contributed by atoms with E-state index in [4.69, 9.17) is 9.47 Å². The number of amides is 1. The summed E-state index contributed by atoms with van der Waals surface area (Å²) in [6, 6.07) is 13.7. The first-order chi connectivity index (χ1) is 13.5. The zero-order valence-corrected chi connectivity index (χ0v) is 16.8. The molecule has 0 N–H and O–H groups in total. The van der Waals surface area contributed by atoms with Gasteiger partial charge in [-0.3, -0.25) is 4.79 Å². The minimum Gasteiger partial charge on any atom is -0.493 e. The maximum atomic E-state index is 12.7. The average molecular weight is 404 g/mol. The van der Waals surface area contributed by atoms with Crippen molar-refractivity contribution in [2.24, 2.45) is 0 Å². The van der Waals surface area contributed by atoms with Crippen molar-refractivity contribution in [3.05, 3.63) is 54.1 Å². The molecule has 0 spiro atoms. The standard InChI is InChI=1S/C20H24N2O5S/c1-26-18-9-8-16(14-19(18)27-2)15-20(23)21-10-12-22(13-11-21)28(24,25)17-6-4-3-5-7-17/h3-9,14H,10-13,15H2,1-2H3. The van der Waals surface area contributed by atoms with Crippen molar-refractivity contribution in [1.82, 2.24) is 9.21 Å². The van der Waals surface area contributed by atoms with Gasteiger partial charge in [-0.15, -0.1) is 0 Å². The van der Waals surface area contributed by atoms with Gasteiger partial charge in [0.25, 0.3) is 0 Å². The fourth-order valence-corrected chi connectivity index (χ4v) is 4.64. The third kappa shape index (κ3) is 4.28. The van der Waals surface area contributed by atoms with E-state index in [-0.39, 0.29) is 30.3 Å². The van der Waals surface area contributed by atoms with Gasteiger partial charge in [0.05, 0.1) is 25.5 Å². The Bertz CT molecular complexity index is 923. The van der Waals surface area contributed by atoms with Crippen molar-refractivity contribution >= 4 is 15.9 Å². The van der Waals surface area contributed by atoms with E-state index in [1.54, 1.807) is 61.6 Å². The van der Waals surface area contributed by atoms with Crippen LogP contribution < -0.4 is 9.47 Å². The monoisotopic (exact) mass is 404 g/mol. The fraction of sp³-hybridized carbons (Fsp3) is 0.350. The second-order valence-electron chi connectivity index (χ2n) is 6.46. The molecule has 3 rings (SSSR count). The van der Waals surface area contributed by atoms with E-state index in [9.17, 15) is 13.2 Å². The summed E-state index contributed by atoms with van der Waals surface area (Å²) >= 11 is 0. The van der Waals surface area contributed by atoms with Crippen LogP contribution in [-0.4, -0.2) is 63.9 Å². The van der Waals surface area contributed by atoms with Gasteiger partial charge in [0.15, 0.2) is 11.5 Å². The molecular weight excluding hydrogens is 380 g/mol. The predicted molar refractivity (Wildman–Crippen MR) is 105 cm³/mol. The summed E-state index contributed by atoms with van der Waals surface area (Å²) in [5, 5.41) is 0.